The predicted octanol–water partition coefficient (Wildman–Crippen LogP) is 4.53. The lowest BCUT2D eigenvalue weighted by Gasteiger charge is -2.22. The minimum Gasteiger partial charge on any atom is -0.352 e. The molecule has 0 fully saturated rings. The molecule has 0 unspecified atom stereocenters. The Bertz CT molecular complexity index is 1100. The summed E-state index contributed by atoms with van der Waals surface area (Å²) in [6.45, 7) is 0.477. The smallest absolute Gasteiger partial charge is 0.264 e. The van der Waals surface area contributed by atoms with Gasteiger partial charge in [-0.15, -0.1) is 0 Å². The number of hydrogen-bond donors (Lipinski definition) is 1. The summed E-state index contributed by atoms with van der Waals surface area (Å²) < 4.78 is 27.0. The Morgan fingerprint density at radius 2 is 1.57 bits per heavy atom. The molecule has 0 heterocycles. The highest BCUT2D eigenvalue weighted by molar-refractivity contribution is 7.92. The fourth-order valence-electron chi connectivity index (χ4n) is 3.06. The summed E-state index contributed by atoms with van der Waals surface area (Å²) in [6.07, 6.45) is 1.56. The van der Waals surface area contributed by atoms with E-state index in [0.717, 1.165) is 22.7 Å². The van der Waals surface area contributed by atoms with Crippen LogP contribution in [0.15, 0.2) is 83.8 Å². The maximum absolute atomic E-state index is 12.9. The van der Waals surface area contributed by atoms with E-state index in [2.05, 4.69) is 5.32 Å². The third kappa shape index (κ3) is 5.20. The topological polar surface area (TPSA) is 66.5 Å². The molecule has 3 aromatic rings. The number of sulfonamides is 1. The fraction of sp³-hybridized carbons (Fsp3) is 0.174. The molecule has 0 radical (unpaired) electrons. The standard InChI is InChI=1S/C23H23ClN2O3S/c1-26(30(28,29)20-9-3-2-4-10-20)22-12-6-5-11-21(22)23(27)25-17-7-8-18-13-15-19(24)16-14-18/h2-6,9-16H,7-8,17H2,1H3,(H,25,27). The molecule has 0 aromatic heterocycles. The van der Waals surface area contributed by atoms with Crippen LogP contribution < -0.4 is 9.62 Å². The van der Waals surface area contributed by atoms with Crippen molar-refractivity contribution in [3.8, 4) is 0 Å². The number of amides is 1. The second kappa shape index (κ2) is 9.78. The number of anilines is 1. The van der Waals surface area contributed by atoms with Crippen molar-refractivity contribution in [2.24, 2.45) is 0 Å². The van der Waals surface area contributed by atoms with E-state index in [1.165, 1.54) is 19.2 Å². The van der Waals surface area contributed by atoms with Gasteiger partial charge in [-0.1, -0.05) is 54.1 Å². The summed E-state index contributed by atoms with van der Waals surface area (Å²) in [5, 5.41) is 3.57. The number of rotatable bonds is 8. The van der Waals surface area contributed by atoms with Gasteiger partial charge in [0.2, 0.25) is 0 Å². The van der Waals surface area contributed by atoms with Crippen LogP contribution in [-0.4, -0.2) is 27.9 Å². The molecule has 156 valence electrons. The Kier molecular flexibility index (Phi) is 7.13. The second-order valence-corrected chi connectivity index (χ2v) is 9.19. The monoisotopic (exact) mass is 442 g/mol. The Balaban J connectivity index is 1.68. The zero-order valence-corrected chi connectivity index (χ0v) is 18.2. The van der Waals surface area contributed by atoms with E-state index < -0.39 is 10.0 Å². The van der Waals surface area contributed by atoms with Crippen LogP contribution >= 0.6 is 11.6 Å². The molecule has 3 aromatic carbocycles. The Morgan fingerprint density at radius 1 is 0.933 bits per heavy atom. The minimum atomic E-state index is -3.77. The lowest BCUT2D eigenvalue weighted by atomic mass is 10.1. The van der Waals surface area contributed by atoms with Crippen LogP contribution in [0.5, 0.6) is 0 Å². The van der Waals surface area contributed by atoms with Gasteiger partial charge in [0.25, 0.3) is 15.9 Å². The Labute approximate surface area is 182 Å². The molecule has 3 rings (SSSR count). The molecule has 1 amide bonds. The van der Waals surface area contributed by atoms with Crippen molar-refractivity contribution in [1.29, 1.82) is 0 Å². The molecule has 0 aliphatic rings. The molecule has 0 bridgehead atoms. The van der Waals surface area contributed by atoms with E-state index >= 15 is 0 Å². The number of carbonyl (C=O) groups excluding carboxylic acids is 1. The van der Waals surface area contributed by atoms with Gasteiger partial charge in [0.05, 0.1) is 16.1 Å². The van der Waals surface area contributed by atoms with Crippen molar-refractivity contribution in [3.63, 3.8) is 0 Å². The average Bonchev–Trinajstić information content (AvgIpc) is 2.78. The van der Waals surface area contributed by atoms with Crippen molar-refractivity contribution < 1.29 is 13.2 Å². The SMILES string of the molecule is CN(c1ccccc1C(=O)NCCCc1ccc(Cl)cc1)S(=O)(=O)c1ccccc1. The molecule has 0 atom stereocenters. The van der Waals surface area contributed by atoms with Gasteiger partial charge in [-0.3, -0.25) is 9.10 Å². The largest absolute Gasteiger partial charge is 0.352 e. The van der Waals surface area contributed by atoms with Gasteiger partial charge in [-0.25, -0.2) is 8.42 Å². The number of para-hydroxylation sites is 1. The van der Waals surface area contributed by atoms with E-state index in [-0.39, 0.29) is 10.8 Å². The molecular formula is C23H23ClN2O3S. The van der Waals surface area contributed by atoms with E-state index in [0.29, 0.717) is 22.8 Å². The maximum atomic E-state index is 12.9. The summed E-state index contributed by atoms with van der Waals surface area (Å²) in [5.74, 6) is -0.309. The summed E-state index contributed by atoms with van der Waals surface area (Å²) in [7, 11) is -2.32. The van der Waals surface area contributed by atoms with E-state index in [1.54, 1.807) is 42.5 Å². The summed E-state index contributed by atoms with van der Waals surface area (Å²) >= 11 is 5.89. The van der Waals surface area contributed by atoms with Gasteiger partial charge < -0.3 is 5.32 Å². The van der Waals surface area contributed by atoms with Crippen molar-refractivity contribution in [3.05, 3.63) is 95.0 Å². The van der Waals surface area contributed by atoms with Gasteiger partial charge in [-0.2, -0.15) is 0 Å². The maximum Gasteiger partial charge on any atom is 0.264 e. The number of carbonyl (C=O) groups is 1. The molecule has 30 heavy (non-hydrogen) atoms. The first-order chi connectivity index (χ1) is 14.4. The van der Waals surface area contributed by atoms with Crippen LogP contribution in [0.25, 0.3) is 0 Å². The molecule has 1 N–H and O–H groups in total. The highest BCUT2D eigenvalue weighted by Gasteiger charge is 2.24. The van der Waals surface area contributed by atoms with Crippen LogP contribution in [0.3, 0.4) is 0 Å². The van der Waals surface area contributed by atoms with E-state index in [9.17, 15) is 13.2 Å². The number of halogens is 1. The summed E-state index contributed by atoms with van der Waals surface area (Å²) in [5.41, 5.74) is 1.78. The molecule has 0 saturated carbocycles. The fourth-order valence-corrected chi connectivity index (χ4v) is 4.42. The molecule has 0 spiro atoms. The van der Waals surface area contributed by atoms with Crippen LogP contribution in [0.2, 0.25) is 5.02 Å². The number of nitrogens with one attached hydrogen (secondary N) is 1. The first kappa shape index (κ1) is 21.9. The molecule has 0 aliphatic heterocycles. The zero-order valence-electron chi connectivity index (χ0n) is 16.6. The minimum absolute atomic E-state index is 0.172. The number of aryl methyl sites for hydroxylation is 1. The van der Waals surface area contributed by atoms with E-state index in [1.807, 2.05) is 24.3 Å². The lowest BCUT2D eigenvalue weighted by molar-refractivity contribution is 0.0954. The number of nitrogens with zero attached hydrogens (tertiary/aromatic N) is 1. The quantitative estimate of drug-likeness (QED) is 0.521. The lowest BCUT2D eigenvalue weighted by Crippen LogP contribution is -2.31. The van der Waals surface area contributed by atoms with Crippen molar-refractivity contribution in [1.82, 2.24) is 5.32 Å². The van der Waals surface area contributed by atoms with Crippen LogP contribution in [0.4, 0.5) is 5.69 Å². The first-order valence-electron chi connectivity index (χ1n) is 9.55. The van der Waals surface area contributed by atoms with Gasteiger partial charge in [0.15, 0.2) is 0 Å². The third-order valence-electron chi connectivity index (χ3n) is 4.73. The second-order valence-electron chi connectivity index (χ2n) is 6.79. The normalized spacial score (nSPS) is 11.1. The highest BCUT2D eigenvalue weighted by atomic mass is 35.5. The number of hydrogen-bond acceptors (Lipinski definition) is 3. The zero-order chi connectivity index (χ0) is 21.6. The van der Waals surface area contributed by atoms with Gasteiger partial charge in [0, 0.05) is 18.6 Å². The predicted molar refractivity (Wildman–Crippen MR) is 121 cm³/mol. The number of benzene rings is 3. The van der Waals surface area contributed by atoms with Crippen molar-refractivity contribution in [2.75, 3.05) is 17.9 Å². The molecule has 7 heteroatoms. The summed E-state index contributed by atoms with van der Waals surface area (Å²) in [6, 6.07) is 22.4. The van der Waals surface area contributed by atoms with Crippen molar-refractivity contribution in [2.45, 2.75) is 17.7 Å². The van der Waals surface area contributed by atoms with Crippen LogP contribution in [-0.2, 0) is 16.4 Å². The first-order valence-corrected chi connectivity index (χ1v) is 11.4. The average molecular weight is 443 g/mol. The van der Waals surface area contributed by atoms with E-state index in [4.69, 9.17) is 11.6 Å². The highest BCUT2D eigenvalue weighted by Crippen LogP contribution is 2.25. The third-order valence-corrected chi connectivity index (χ3v) is 6.77. The molecule has 0 saturated heterocycles. The van der Waals surface area contributed by atoms with Gasteiger partial charge in [-0.05, 0) is 54.8 Å². The Hall–Kier alpha value is -2.83. The van der Waals surface area contributed by atoms with Crippen molar-refractivity contribution >= 4 is 33.2 Å². The molecule has 0 aliphatic carbocycles. The van der Waals surface area contributed by atoms with Gasteiger partial charge >= 0.3 is 0 Å². The van der Waals surface area contributed by atoms with Crippen LogP contribution in [0.1, 0.15) is 22.3 Å². The Morgan fingerprint density at radius 3 is 2.27 bits per heavy atom. The molecule has 5 nitrogen and oxygen atoms in total. The van der Waals surface area contributed by atoms with Crippen LogP contribution in [0, 0.1) is 0 Å². The molecular weight excluding hydrogens is 420 g/mol. The summed E-state index contributed by atoms with van der Waals surface area (Å²) in [4.78, 5) is 12.9. The van der Waals surface area contributed by atoms with Gasteiger partial charge in [0.1, 0.15) is 0 Å².